The van der Waals surface area contributed by atoms with Crippen LogP contribution in [0.5, 0.6) is 0 Å². The summed E-state index contributed by atoms with van der Waals surface area (Å²) in [7, 11) is 1.71. The number of methoxy groups -OCH3 is 1. The Morgan fingerprint density at radius 1 is 1.37 bits per heavy atom. The number of hydrogen-bond acceptors (Lipinski definition) is 4. The minimum atomic E-state index is 0.732. The van der Waals surface area contributed by atoms with Gasteiger partial charge in [0.15, 0.2) is 0 Å². The van der Waals surface area contributed by atoms with Gasteiger partial charge in [-0.25, -0.2) is 4.98 Å². The van der Waals surface area contributed by atoms with E-state index in [0.29, 0.717) is 0 Å². The van der Waals surface area contributed by atoms with E-state index in [9.17, 15) is 0 Å². The molecule has 0 fully saturated rings. The van der Waals surface area contributed by atoms with Gasteiger partial charge in [0.1, 0.15) is 0 Å². The highest BCUT2D eigenvalue weighted by atomic mass is 32.1. The minimum Gasteiger partial charge on any atom is -0.383 e. The van der Waals surface area contributed by atoms with Gasteiger partial charge in [0.2, 0.25) is 0 Å². The Balaban J connectivity index is 1.83. The van der Waals surface area contributed by atoms with Gasteiger partial charge in [-0.2, -0.15) is 0 Å². The van der Waals surface area contributed by atoms with Gasteiger partial charge >= 0.3 is 0 Å². The number of imidazole rings is 1. The Morgan fingerprint density at radius 2 is 2.21 bits per heavy atom. The van der Waals surface area contributed by atoms with Gasteiger partial charge in [-0.05, 0) is 18.6 Å². The van der Waals surface area contributed by atoms with Crippen molar-refractivity contribution in [2.45, 2.75) is 26.4 Å². The Bertz CT molecular complexity index is 492. The first-order valence-corrected chi connectivity index (χ1v) is 7.41. The van der Waals surface area contributed by atoms with Crippen molar-refractivity contribution < 1.29 is 4.74 Å². The normalized spacial score (nSPS) is 11.1. The Labute approximate surface area is 118 Å². The second-order valence-corrected chi connectivity index (χ2v) is 5.68. The molecule has 0 spiro atoms. The van der Waals surface area contributed by atoms with Crippen molar-refractivity contribution in [3.05, 3.63) is 40.1 Å². The van der Waals surface area contributed by atoms with Crippen LogP contribution in [0.25, 0.3) is 0 Å². The molecule has 104 valence electrons. The number of ether oxygens (including phenoxy) is 1. The lowest BCUT2D eigenvalue weighted by Crippen LogP contribution is -2.18. The zero-order chi connectivity index (χ0) is 13.5. The van der Waals surface area contributed by atoms with E-state index in [1.54, 1.807) is 7.11 Å². The van der Waals surface area contributed by atoms with Crippen molar-refractivity contribution >= 4 is 11.3 Å². The first-order chi connectivity index (χ1) is 9.31. The van der Waals surface area contributed by atoms with Crippen LogP contribution in [-0.4, -0.2) is 29.8 Å². The molecule has 5 heteroatoms. The zero-order valence-corrected chi connectivity index (χ0v) is 12.4. The van der Waals surface area contributed by atoms with E-state index in [2.05, 4.69) is 40.1 Å². The van der Waals surface area contributed by atoms with Crippen molar-refractivity contribution in [2.75, 3.05) is 20.3 Å². The molecular weight excluding hydrogens is 258 g/mol. The predicted octanol–water partition coefficient (Wildman–Crippen LogP) is 2.29. The third kappa shape index (κ3) is 4.45. The maximum atomic E-state index is 4.99. The van der Waals surface area contributed by atoms with Gasteiger partial charge in [0.25, 0.3) is 0 Å². The van der Waals surface area contributed by atoms with E-state index in [-0.39, 0.29) is 0 Å². The largest absolute Gasteiger partial charge is 0.383 e. The van der Waals surface area contributed by atoms with Crippen molar-refractivity contribution in [1.82, 2.24) is 14.9 Å². The number of aryl methyl sites for hydroxylation is 1. The summed E-state index contributed by atoms with van der Waals surface area (Å²) in [5.74, 6) is 0. The average molecular weight is 279 g/mol. The molecule has 19 heavy (non-hydrogen) atoms. The number of nitrogens with zero attached hydrogens (tertiary/aromatic N) is 2. The lowest BCUT2D eigenvalue weighted by molar-refractivity contribution is 0.199. The second-order valence-electron chi connectivity index (χ2n) is 4.43. The summed E-state index contributed by atoms with van der Waals surface area (Å²) in [4.78, 5) is 7.23. The van der Waals surface area contributed by atoms with Gasteiger partial charge in [-0.1, -0.05) is 6.92 Å². The summed E-state index contributed by atoms with van der Waals surface area (Å²) >= 11 is 1.88. The number of thiophene rings is 1. The lowest BCUT2D eigenvalue weighted by Gasteiger charge is -2.01. The highest BCUT2D eigenvalue weighted by Crippen LogP contribution is 2.18. The van der Waals surface area contributed by atoms with Crippen LogP contribution in [0.2, 0.25) is 0 Å². The quantitative estimate of drug-likeness (QED) is 0.754. The van der Waals surface area contributed by atoms with Crippen LogP contribution in [0.4, 0.5) is 0 Å². The number of aromatic nitrogens is 2. The smallest absolute Gasteiger partial charge is 0.0953 e. The van der Waals surface area contributed by atoms with Crippen LogP contribution in [-0.2, 0) is 24.2 Å². The van der Waals surface area contributed by atoms with Crippen molar-refractivity contribution in [3.63, 3.8) is 0 Å². The predicted molar refractivity (Wildman–Crippen MR) is 78.6 cm³/mol. The monoisotopic (exact) mass is 279 g/mol. The zero-order valence-electron chi connectivity index (χ0n) is 11.6. The molecule has 2 aromatic rings. The maximum absolute atomic E-state index is 4.99. The van der Waals surface area contributed by atoms with E-state index in [0.717, 1.165) is 38.4 Å². The molecule has 0 aromatic carbocycles. The molecular formula is C14H21N3OS. The first-order valence-electron chi connectivity index (χ1n) is 6.59. The fourth-order valence-electron chi connectivity index (χ4n) is 1.85. The summed E-state index contributed by atoms with van der Waals surface area (Å²) in [6.07, 6.45) is 5.12. The van der Waals surface area contributed by atoms with Gasteiger partial charge in [0.05, 0.1) is 25.2 Å². The summed E-state index contributed by atoms with van der Waals surface area (Å²) < 4.78 is 7.13. The summed E-state index contributed by atoms with van der Waals surface area (Å²) in [5.41, 5.74) is 1.07. The van der Waals surface area contributed by atoms with E-state index in [1.165, 1.54) is 9.75 Å². The third-order valence-electron chi connectivity index (χ3n) is 2.88. The Hall–Kier alpha value is -1.17. The number of rotatable bonds is 8. The Kier molecular flexibility index (Phi) is 5.57. The molecule has 1 N–H and O–H groups in total. The van der Waals surface area contributed by atoms with Crippen LogP contribution >= 0.6 is 11.3 Å². The fourth-order valence-corrected chi connectivity index (χ4v) is 2.82. The minimum absolute atomic E-state index is 0.732. The van der Waals surface area contributed by atoms with Crippen molar-refractivity contribution in [3.8, 4) is 0 Å². The van der Waals surface area contributed by atoms with Crippen molar-refractivity contribution in [2.24, 2.45) is 0 Å². The molecule has 2 heterocycles. The molecule has 0 radical (unpaired) electrons. The van der Waals surface area contributed by atoms with Crippen LogP contribution in [0.15, 0.2) is 24.7 Å². The maximum Gasteiger partial charge on any atom is 0.0953 e. The molecule has 2 rings (SSSR count). The van der Waals surface area contributed by atoms with Crippen LogP contribution in [0.1, 0.15) is 22.4 Å². The molecule has 0 aliphatic carbocycles. The first kappa shape index (κ1) is 14.2. The third-order valence-corrected chi connectivity index (χ3v) is 4.09. The molecule has 2 aromatic heterocycles. The summed E-state index contributed by atoms with van der Waals surface area (Å²) in [6, 6.07) is 4.42. The molecule has 0 bridgehead atoms. The van der Waals surface area contributed by atoms with Crippen LogP contribution in [0.3, 0.4) is 0 Å². The lowest BCUT2D eigenvalue weighted by atomic mass is 10.3. The highest BCUT2D eigenvalue weighted by molar-refractivity contribution is 7.11. The van der Waals surface area contributed by atoms with E-state index in [1.807, 2.05) is 17.7 Å². The standard InChI is InChI=1S/C14H21N3OS/c1-3-13-4-5-14(19-13)10-17-9-12(16-11-17)8-15-6-7-18-2/h4-5,9,11,15H,3,6-8,10H2,1-2H3. The van der Waals surface area contributed by atoms with E-state index < -0.39 is 0 Å². The highest BCUT2D eigenvalue weighted by Gasteiger charge is 2.02. The topological polar surface area (TPSA) is 39.1 Å². The number of hydrogen-bond donors (Lipinski definition) is 1. The van der Waals surface area contributed by atoms with E-state index >= 15 is 0 Å². The molecule has 4 nitrogen and oxygen atoms in total. The van der Waals surface area contributed by atoms with Crippen LogP contribution in [0, 0.1) is 0 Å². The Morgan fingerprint density at radius 3 is 2.95 bits per heavy atom. The molecule has 0 unspecified atom stereocenters. The van der Waals surface area contributed by atoms with Gasteiger partial charge in [0, 0.05) is 36.2 Å². The molecule has 0 aliphatic heterocycles. The van der Waals surface area contributed by atoms with Crippen molar-refractivity contribution in [1.29, 1.82) is 0 Å². The molecule has 0 saturated carbocycles. The fraction of sp³-hybridized carbons (Fsp3) is 0.500. The van der Waals surface area contributed by atoms with Gasteiger partial charge in [-0.3, -0.25) is 0 Å². The molecule has 0 aliphatic rings. The van der Waals surface area contributed by atoms with Crippen LogP contribution < -0.4 is 5.32 Å². The van der Waals surface area contributed by atoms with Gasteiger partial charge in [-0.15, -0.1) is 11.3 Å². The number of nitrogens with one attached hydrogen (secondary N) is 1. The molecule has 0 amide bonds. The second kappa shape index (κ2) is 7.43. The molecule has 0 atom stereocenters. The van der Waals surface area contributed by atoms with E-state index in [4.69, 9.17) is 4.74 Å². The summed E-state index contributed by atoms with van der Waals surface area (Å²) in [5, 5.41) is 3.29. The average Bonchev–Trinajstić information content (AvgIpc) is 3.05. The summed E-state index contributed by atoms with van der Waals surface area (Å²) in [6.45, 7) is 5.48. The van der Waals surface area contributed by atoms with Gasteiger partial charge < -0.3 is 14.6 Å². The molecule has 0 saturated heterocycles. The SMILES string of the molecule is CCc1ccc(Cn2cnc(CNCCOC)c2)s1.